The van der Waals surface area contributed by atoms with E-state index in [1.807, 2.05) is 6.92 Å². The summed E-state index contributed by atoms with van der Waals surface area (Å²) < 4.78 is 27.9. The lowest BCUT2D eigenvalue weighted by Crippen LogP contribution is -2.44. The Kier molecular flexibility index (Phi) is 6.04. The number of carboxylic acids is 1. The normalized spacial score (nSPS) is 19.6. The number of hydrogen-bond donors (Lipinski definition) is 2. The van der Waals surface area contributed by atoms with Crippen molar-refractivity contribution in [2.75, 3.05) is 19.6 Å². The number of carboxylic acid groups (broad SMARTS) is 1. The third-order valence-corrected chi connectivity index (χ3v) is 4.83. The molecular formula is C11H22N2O4S. The van der Waals surface area contributed by atoms with Crippen LogP contribution in [0.25, 0.3) is 0 Å². The number of rotatable bonds is 7. The van der Waals surface area contributed by atoms with Gasteiger partial charge in [0, 0.05) is 26.1 Å². The lowest BCUT2D eigenvalue weighted by atomic mass is 10.0. The molecule has 1 fully saturated rings. The molecule has 6 nitrogen and oxygen atoms in total. The Morgan fingerprint density at radius 1 is 1.33 bits per heavy atom. The van der Waals surface area contributed by atoms with Crippen molar-refractivity contribution < 1.29 is 18.3 Å². The zero-order chi connectivity index (χ0) is 13.6. The number of carbonyl (C=O) groups is 1. The van der Waals surface area contributed by atoms with Crippen molar-refractivity contribution in [3.05, 3.63) is 0 Å². The number of piperidine rings is 1. The molecule has 0 bridgehead atoms. The molecule has 1 aliphatic heterocycles. The van der Waals surface area contributed by atoms with Crippen molar-refractivity contribution >= 4 is 16.2 Å². The lowest BCUT2D eigenvalue weighted by Gasteiger charge is -2.26. The van der Waals surface area contributed by atoms with E-state index in [0.717, 1.165) is 19.3 Å². The van der Waals surface area contributed by atoms with Crippen molar-refractivity contribution in [1.82, 2.24) is 9.03 Å². The van der Waals surface area contributed by atoms with Crippen molar-refractivity contribution in [1.29, 1.82) is 0 Å². The van der Waals surface area contributed by atoms with Gasteiger partial charge in [-0.05, 0) is 18.8 Å². The van der Waals surface area contributed by atoms with E-state index in [-0.39, 0.29) is 18.9 Å². The molecule has 106 valence electrons. The Bertz CT molecular complexity index is 363. The average Bonchev–Trinajstić information content (AvgIpc) is 2.35. The van der Waals surface area contributed by atoms with Crippen LogP contribution in [-0.4, -0.2) is 43.4 Å². The van der Waals surface area contributed by atoms with Crippen molar-refractivity contribution in [2.45, 2.75) is 39.0 Å². The Morgan fingerprint density at radius 2 is 1.94 bits per heavy atom. The topological polar surface area (TPSA) is 86.7 Å². The van der Waals surface area contributed by atoms with Crippen molar-refractivity contribution in [2.24, 2.45) is 5.92 Å². The van der Waals surface area contributed by atoms with E-state index >= 15 is 0 Å². The van der Waals surface area contributed by atoms with Gasteiger partial charge in [0.2, 0.25) is 0 Å². The molecule has 7 heteroatoms. The van der Waals surface area contributed by atoms with Gasteiger partial charge < -0.3 is 5.11 Å². The zero-order valence-corrected chi connectivity index (χ0v) is 11.6. The molecule has 1 atom stereocenters. The highest BCUT2D eigenvalue weighted by Crippen LogP contribution is 2.13. The minimum absolute atomic E-state index is 0.000972. The summed E-state index contributed by atoms with van der Waals surface area (Å²) in [4.78, 5) is 10.6. The van der Waals surface area contributed by atoms with E-state index in [0.29, 0.717) is 19.5 Å². The minimum Gasteiger partial charge on any atom is -0.481 e. The quantitative estimate of drug-likeness (QED) is 0.721. The Balaban J connectivity index is 2.46. The monoisotopic (exact) mass is 278 g/mol. The minimum atomic E-state index is -3.43. The summed E-state index contributed by atoms with van der Waals surface area (Å²) in [6.45, 7) is 3.18. The SMILES string of the molecule is CCC(CNS(=O)(=O)N1CCCCC1)CC(=O)O. The molecule has 18 heavy (non-hydrogen) atoms. The van der Waals surface area contributed by atoms with Gasteiger partial charge in [-0.15, -0.1) is 0 Å². The first kappa shape index (κ1) is 15.4. The summed E-state index contributed by atoms with van der Waals surface area (Å²) in [5, 5.41) is 8.71. The number of hydrogen-bond acceptors (Lipinski definition) is 3. The highest BCUT2D eigenvalue weighted by Gasteiger charge is 2.24. The van der Waals surface area contributed by atoms with Crippen LogP contribution in [0.15, 0.2) is 0 Å². The fraction of sp³-hybridized carbons (Fsp3) is 0.909. The fourth-order valence-electron chi connectivity index (χ4n) is 2.03. The van der Waals surface area contributed by atoms with Crippen LogP contribution in [0.1, 0.15) is 39.0 Å². The van der Waals surface area contributed by atoms with Gasteiger partial charge in [-0.1, -0.05) is 19.8 Å². The van der Waals surface area contributed by atoms with E-state index < -0.39 is 16.2 Å². The van der Waals surface area contributed by atoms with Gasteiger partial charge in [0.15, 0.2) is 0 Å². The molecule has 1 rings (SSSR count). The maximum absolute atomic E-state index is 12.0. The van der Waals surface area contributed by atoms with Gasteiger partial charge in [0.1, 0.15) is 0 Å². The summed E-state index contributed by atoms with van der Waals surface area (Å²) in [5.74, 6) is -1.04. The van der Waals surface area contributed by atoms with Gasteiger partial charge in [-0.2, -0.15) is 12.7 Å². The molecule has 0 aromatic heterocycles. The second-order valence-electron chi connectivity index (χ2n) is 4.69. The molecule has 0 radical (unpaired) electrons. The van der Waals surface area contributed by atoms with Gasteiger partial charge in [0.05, 0.1) is 0 Å². The van der Waals surface area contributed by atoms with E-state index in [4.69, 9.17) is 5.11 Å². The highest BCUT2D eigenvalue weighted by atomic mass is 32.2. The van der Waals surface area contributed by atoms with Crippen LogP contribution < -0.4 is 4.72 Å². The molecule has 0 spiro atoms. The second-order valence-corrected chi connectivity index (χ2v) is 6.44. The smallest absolute Gasteiger partial charge is 0.303 e. The lowest BCUT2D eigenvalue weighted by molar-refractivity contribution is -0.138. The third-order valence-electron chi connectivity index (χ3n) is 3.25. The highest BCUT2D eigenvalue weighted by molar-refractivity contribution is 7.87. The zero-order valence-electron chi connectivity index (χ0n) is 10.8. The molecular weight excluding hydrogens is 256 g/mol. The van der Waals surface area contributed by atoms with Crippen LogP contribution in [0.3, 0.4) is 0 Å². The number of aliphatic carboxylic acids is 1. The van der Waals surface area contributed by atoms with E-state index in [2.05, 4.69) is 4.72 Å². The van der Waals surface area contributed by atoms with E-state index in [9.17, 15) is 13.2 Å². The first-order chi connectivity index (χ1) is 8.45. The van der Waals surface area contributed by atoms with Crippen LogP contribution in [0.5, 0.6) is 0 Å². The molecule has 1 aliphatic rings. The van der Waals surface area contributed by atoms with Gasteiger partial charge in [-0.25, -0.2) is 4.72 Å². The summed E-state index contributed by atoms with van der Waals surface area (Å²) in [5.41, 5.74) is 0. The summed E-state index contributed by atoms with van der Waals surface area (Å²) >= 11 is 0. The number of nitrogens with zero attached hydrogens (tertiary/aromatic N) is 1. The molecule has 1 unspecified atom stereocenters. The fourth-order valence-corrected chi connectivity index (χ4v) is 3.40. The van der Waals surface area contributed by atoms with E-state index in [1.165, 1.54) is 4.31 Å². The average molecular weight is 278 g/mol. The van der Waals surface area contributed by atoms with Gasteiger partial charge >= 0.3 is 5.97 Å². The molecule has 0 aliphatic carbocycles. The first-order valence-electron chi connectivity index (χ1n) is 6.42. The standard InChI is InChI=1S/C11H22N2O4S/c1-2-10(8-11(14)15)9-12-18(16,17)13-6-4-3-5-7-13/h10,12H,2-9H2,1H3,(H,14,15). The van der Waals surface area contributed by atoms with Crippen LogP contribution >= 0.6 is 0 Å². The Hall–Kier alpha value is -0.660. The molecule has 0 amide bonds. The Labute approximate surface area is 109 Å². The largest absolute Gasteiger partial charge is 0.481 e. The van der Waals surface area contributed by atoms with Crippen LogP contribution in [-0.2, 0) is 15.0 Å². The predicted octanol–water partition coefficient (Wildman–Crippen LogP) is 0.808. The third kappa shape index (κ3) is 4.91. The first-order valence-corrected chi connectivity index (χ1v) is 7.86. The van der Waals surface area contributed by atoms with Crippen LogP contribution in [0.2, 0.25) is 0 Å². The molecule has 0 aromatic carbocycles. The molecule has 0 saturated carbocycles. The van der Waals surface area contributed by atoms with Crippen LogP contribution in [0.4, 0.5) is 0 Å². The molecule has 1 heterocycles. The molecule has 1 saturated heterocycles. The molecule has 2 N–H and O–H groups in total. The van der Waals surface area contributed by atoms with Gasteiger partial charge in [-0.3, -0.25) is 4.79 Å². The van der Waals surface area contributed by atoms with Crippen molar-refractivity contribution in [3.63, 3.8) is 0 Å². The van der Waals surface area contributed by atoms with Crippen LogP contribution in [0, 0.1) is 5.92 Å². The number of nitrogens with one attached hydrogen (secondary N) is 1. The Morgan fingerprint density at radius 3 is 2.44 bits per heavy atom. The maximum atomic E-state index is 12.0. The van der Waals surface area contributed by atoms with E-state index in [1.54, 1.807) is 0 Å². The van der Waals surface area contributed by atoms with Gasteiger partial charge in [0.25, 0.3) is 10.2 Å². The maximum Gasteiger partial charge on any atom is 0.303 e. The molecule has 0 aromatic rings. The predicted molar refractivity (Wildman–Crippen MR) is 68.4 cm³/mol. The second kappa shape index (κ2) is 7.06. The summed E-state index contributed by atoms with van der Waals surface area (Å²) in [7, 11) is -3.43. The summed E-state index contributed by atoms with van der Waals surface area (Å²) in [6.07, 6.45) is 3.51. The summed E-state index contributed by atoms with van der Waals surface area (Å²) in [6, 6.07) is 0. The van der Waals surface area contributed by atoms with Crippen molar-refractivity contribution in [3.8, 4) is 0 Å².